The van der Waals surface area contributed by atoms with Crippen LogP contribution < -0.4 is 25.0 Å². The number of benzene rings is 3. The van der Waals surface area contributed by atoms with Gasteiger partial charge >= 0.3 is 17.8 Å². The molecule has 0 radical (unpaired) electrons. The van der Waals surface area contributed by atoms with Gasteiger partial charge in [0.1, 0.15) is 5.75 Å². The van der Waals surface area contributed by atoms with E-state index in [-0.39, 0.29) is 11.5 Å². The summed E-state index contributed by atoms with van der Waals surface area (Å²) in [6.07, 6.45) is 0. The second-order valence-corrected chi connectivity index (χ2v) is 7.75. The van der Waals surface area contributed by atoms with Gasteiger partial charge in [-0.15, -0.1) is 0 Å². The molecule has 3 rings (SSSR count). The van der Waals surface area contributed by atoms with Gasteiger partial charge in [-0.05, 0) is 80.6 Å². The minimum absolute atomic E-state index is 0.202. The summed E-state index contributed by atoms with van der Waals surface area (Å²) in [5, 5.41) is 6.96. The number of halogens is 1. The van der Waals surface area contributed by atoms with Crippen molar-refractivity contribution in [2.45, 2.75) is 13.8 Å². The molecule has 0 saturated heterocycles. The third kappa shape index (κ3) is 7.07. The highest BCUT2D eigenvalue weighted by molar-refractivity contribution is 6.39. The van der Waals surface area contributed by atoms with Gasteiger partial charge in [0.05, 0.1) is 25.0 Å². The monoisotopic (exact) mass is 509 g/mol. The van der Waals surface area contributed by atoms with Crippen LogP contribution in [0, 0.1) is 0 Å². The maximum atomic E-state index is 12.4. The number of hydrogen-bond acceptors (Lipinski definition) is 7. The maximum absolute atomic E-state index is 12.4. The first-order chi connectivity index (χ1) is 17.3. The standard InChI is InChI=1S/C26H24ClN3O6/c1-4-35-21-12-10-20(11-13-21)28-24(31)25(32)30-29-16(2)18-7-14-22(23(15-18)34-3)36-26(33)17-5-8-19(27)9-6-17/h5-15H,4H2,1-3H3,(H,28,31)(H,30,32)/b29-16+. The smallest absolute Gasteiger partial charge is 0.343 e. The van der Waals surface area contributed by atoms with E-state index in [4.69, 9.17) is 25.8 Å². The summed E-state index contributed by atoms with van der Waals surface area (Å²) in [4.78, 5) is 36.7. The Labute approximate surface area is 213 Å². The first-order valence-corrected chi connectivity index (χ1v) is 11.2. The number of rotatable bonds is 8. The van der Waals surface area contributed by atoms with Crippen LogP contribution in [0.15, 0.2) is 71.8 Å². The van der Waals surface area contributed by atoms with E-state index in [2.05, 4.69) is 15.8 Å². The second-order valence-electron chi connectivity index (χ2n) is 7.31. The molecule has 2 N–H and O–H groups in total. The van der Waals surface area contributed by atoms with Crippen LogP contribution in [0.5, 0.6) is 17.2 Å². The van der Waals surface area contributed by atoms with E-state index >= 15 is 0 Å². The quantitative estimate of drug-likeness (QED) is 0.152. The fourth-order valence-electron chi connectivity index (χ4n) is 2.96. The summed E-state index contributed by atoms with van der Waals surface area (Å²) in [7, 11) is 1.43. The van der Waals surface area contributed by atoms with Crippen molar-refractivity contribution >= 4 is 40.8 Å². The maximum Gasteiger partial charge on any atom is 0.343 e. The summed E-state index contributed by atoms with van der Waals surface area (Å²) in [5.74, 6) is -1.26. The minimum Gasteiger partial charge on any atom is -0.494 e. The van der Waals surface area contributed by atoms with Crippen LogP contribution in [0.4, 0.5) is 5.69 Å². The Bertz CT molecular complexity index is 1270. The fraction of sp³-hybridized carbons (Fsp3) is 0.154. The van der Waals surface area contributed by atoms with Gasteiger partial charge in [0.25, 0.3) is 0 Å². The molecule has 0 bridgehead atoms. The molecule has 0 saturated carbocycles. The molecule has 186 valence electrons. The number of methoxy groups -OCH3 is 1. The Morgan fingerprint density at radius 3 is 2.19 bits per heavy atom. The summed E-state index contributed by atoms with van der Waals surface area (Å²) in [6, 6.07) is 17.7. The molecule has 0 aliphatic rings. The van der Waals surface area contributed by atoms with Crippen LogP contribution in [0.3, 0.4) is 0 Å². The van der Waals surface area contributed by atoms with E-state index < -0.39 is 17.8 Å². The normalized spacial score (nSPS) is 10.8. The Morgan fingerprint density at radius 1 is 0.889 bits per heavy atom. The molecule has 0 aliphatic heterocycles. The van der Waals surface area contributed by atoms with Crippen LogP contribution in [-0.2, 0) is 9.59 Å². The van der Waals surface area contributed by atoms with Crippen LogP contribution in [0.25, 0.3) is 0 Å². The molecule has 0 aromatic heterocycles. The van der Waals surface area contributed by atoms with Crippen molar-refractivity contribution in [2.75, 3.05) is 19.0 Å². The summed E-state index contributed by atoms with van der Waals surface area (Å²) >= 11 is 5.85. The lowest BCUT2D eigenvalue weighted by Gasteiger charge is -2.11. The summed E-state index contributed by atoms with van der Waals surface area (Å²) in [6.45, 7) is 4.03. The molecule has 0 spiro atoms. The highest BCUT2D eigenvalue weighted by Crippen LogP contribution is 2.29. The molecule has 9 nitrogen and oxygen atoms in total. The van der Waals surface area contributed by atoms with Gasteiger partial charge in [-0.2, -0.15) is 5.10 Å². The third-order valence-corrected chi connectivity index (χ3v) is 5.07. The topological polar surface area (TPSA) is 115 Å². The average molecular weight is 510 g/mol. The summed E-state index contributed by atoms with van der Waals surface area (Å²) in [5.41, 5.74) is 3.95. The number of carbonyl (C=O) groups is 3. The number of ether oxygens (including phenoxy) is 3. The lowest BCUT2D eigenvalue weighted by molar-refractivity contribution is -0.136. The number of nitrogens with one attached hydrogen (secondary N) is 2. The van der Waals surface area contributed by atoms with E-state index in [0.717, 1.165) is 0 Å². The van der Waals surface area contributed by atoms with Crippen LogP contribution in [0.2, 0.25) is 5.02 Å². The number of hydrazone groups is 1. The lowest BCUT2D eigenvalue weighted by Crippen LogP contribution is -2.32. The molecule has 3 aromatic carbocycles. The van der Waals surface area contributed by atoms with Crippen molar-refractivity contribution in [3.63, 3.8) is 0 Å². The molecule has 0 fully saturated rings. The largest absolute Gasteiger partial charge is 0.494 e. The van der Waals surface area contributed by atoms with Crippen molar-refractivity contribution in [1.29, 1.82) is 0 Å². The van der Waals surface area contributed by atoms with Crippen molar-refractivity contribution in [3.05, 3.63) is 82.9 Å². The zero-order chi connectivity index (χ0) is 26.1. The molecule has 0 atom stereocenters. The third-order valence-electron chi connectivity index (χ3n) is 4.82. The molecule has 0 heterocycles. The molecule has 36 heavy (non-hydrogen) atoms. The number of hydrogen-bond donors (Lipinski definition) is 2. The van der Waals surface area contributed by atoms with E-state index in [1.807, 2.05) is 6.92 Å². The van der Waals surface area contributed by atoms with Crippen LogP contribution in [0.1, 0.15) is 29.8 Å². The Balaban J connectivity index is 1.62. The molecule has 0 unspecified atom stereocenters. The van der Waals surface area contributed by atoms with Gasteiger partial charge in [0, 0.05) is 16.3 Å². The van der Waals surface area contributed by atoms with Crippen molar-refractivity contribution in [2.24, 2.45) is 5.10 Å². The van der Waals surface area contributed by atoms with Gasteiger partial charge < -0.3 is 19.5 Å². The van der Waals surface area contributed by atoms with Gasteiger partial charge in [-0.3, -0.25) is 9.59 Å². The average Bonchev–Trinajstić information content (AvgIpc) is 2.88. The van der Waals surface area contributed by atoms with Crippen molar-refractivity contribution in [1.82, 2.24) is 5.43 Å². The second kappa shape index (κ2) is 12.4. The van der Waals surface area contributed by atoms with E-state index in [1.54, 1.807) is 73.7 Å². The van der Waals surface area contributed by atoms with Crippen LogP contribution in [-0.4, -0.2) is 37.2 Å². The predicted molar refractivity (Wildman–Crippen MR) is 136 cm³/mol. The Kier molecular flexibility index (Phi) is 9.01. The van der Waals surface area contributed by atoms with Gasteiger partial charge in [-0.1, -0.05) is 11.6 Å². The van der Waals surface area contributed by atoms with Crippen molar-refractivity contribution in [3.8, 4) is 17.2 Å². The zero-order valence-corrected chi connectivity index (χ0v) is 20.6. The Morgan fingerprint density at radius 2 is 1.56 bits per heavy atom. The first-order valence-electron chi connectivity index (χ1n) is 10.8. The SMILES string of the molecule is CCOc1ccc(NC(=O)C(=O)N/N=C(\C)c2ccc(OC(=O)c3ccc(Cl)cc3)c(OC)c2)cc1. The molecule has 3 aromatic rings. The number of carbonyl (C=O) groups excluding carboxylic acids is 3. The Hall–Kier alpha value is -4.37. The number of nitrogens with zero attached hydrogens (tertiary/aromatic N) is 1. The first kappa shape index (κ1) is 26.2. The van der Waals surface area contributed by atoms with E-state index in [9.17, 15) is 14.4 Å². The molecule has 0 aliphatic carbocycles. The predicted octanol–water partition coefficient (Wildman–Crippen LogP) is 4.45. The summed E-state index contributed by atoms with van der Waals surface area (Å²) < 4.78 is 16.1. The number of amides is 2. The van der Waals surface area contributed by atoms with Gasteiger partial charge in [-0.25, -0.2) is 10.2 Å². The molecular weight excluding hydrogens is 486 g/mol. The highest BCUT2D eigenvalue weighted by atomic mass is 35.5. The zero-order valence-electron chi connectivity index (χ0n) is 19.8. The van der Waals surface area contributed by atoms with E-state index in [1.165, 1.54) is 7.11 Å². The van der Waals surface area contributed by atoms with Gasteiger partial charge in [0.15, 0.2) is 11.5 Å². The number of esters is 1. The molecule has 2 amide bonds. The van der Waals surface area contributed by atoms with Crippen LogP contribution >= 0.6 is 11.6 Å². The molecule has 10 heteroatoms. The van der Waals surface area contributed by atoms with E-state index in [0.29, 0.717) is 39.9 Å². The fourth-order valence-corrected chi connectivity index (χ4v) is 3.09. The lowest BCUT2D eigenvalue weighted by atomic mass is 10.1. The van der Waals surface area contributed by atoms with Gasteiger partial charge in [0.2, 0.25) is 0 Å². The number of anilines is 1. The molecular formula is C26H24ClN3O6. The minimum atomic E-state index is -0.941. The van der Waals surface area contributed by atoms with Crippen molar-refractivity contribution < 1.29 is 28.6 Å². The highest BCUT2D eigenvalue weighted by Gasteiger charge is 2.16.